The van der Waals surface area contributed by atoms with Crippen LogP contribution in [0.25, 0.3) is 0 Å². The zero-order valence-corrected chi connectivity index (χ0v) is 11.7. The highest BCUT2D eigenvalue weighted by Crippen LogP contribution is 2.35. The molecule has 108 valence electrons. The van der Waals surface area contributed by atoms with Crippen molar-refractivity contribution in [2.75, 3.05) is 6.61 Å². The average Bonchev–Trinajstić information content (AvgIpc) is 2.37. The van der Waals surface area contributed by atoms with E-state index in [1.54, 1.807) is 6.08 Å². The molecule has 0 saturated heterocycles. The number of carbonyl (C=O) groups is 1. The van der Waals surface area contributed by atoms with Crippen LogP contribution in [0.3, 0.4) is 0 Å². The van der Waals surface area contributed by atoms with Gasteiger partial charge in [-0.25, -0.2) is 0 Å². The third kappa shape index (κ3) is 4.04. The molecule has 0 heterocycles. The molecule has 0 bridgehead atoms. The Hall–Kier alpha value is -1.92. The molecule has 0 aliphatic carbocycles. The van der Waals surface area contributed by atoms with Gasteiger partial charge in [0.2, 0.25) is 0 Å². The van der Waals surface area contributed by atoms with Crippen molar-refractivity contribution in [2.24, 2.45) is 5.73 Å². The lowest BCUT2D eigenvalue weighted by atomic mass is 10.1. The minimum Gasteiger partial charge on any atom is -0.490 e. The topological polar surface area (TPSA) is 95.5 Å². The van der Waals surface area contributed by atoms with Gasteiger partial charge in [0, 0.05) is 17.7 Å². The van der Waals surface area contributed by atoms with Crippen molar-refractivity contribution in [3.8, 4) is 5.75 Å². The predicted molar refractivity (Wildman–Crippen MR) is 76.4 cm³/mol. The summed E-state index contributed by atoms with van der Waals surface area (Å²) >= 11 is 5.90. The molecular formula is C13H15ClN2O4. The smallest absolute Gasteiger partial charge is 0.292 e. The highest BCUT2D eigenvalue weighted by Gasteiger charge is 2.21. The Morgan fingerprint density at radius 2 is 2.30 bits per heavy atom. The van der Waals surface area contributed by atoms with Crippen LogP contribution in [-0.2, 0) is 0 Å². The Labute approximate surface area is 121 Å². The number of nitrogens with zero attached hydrogens (tertiary/aromatic N) is 1. The van der Waals surface area contributed by atoms with Gasteiger partial charge in [-0.3, -0.25) is 14.9 Å². The molecule has 2 N–H and O–H groups in total. The van der Waals surface area contributed by atoms with Crippen LogP contribution in [-0.4, -0.2) is 23.4 Å². The molecule has 0 fully saturated rings. The second-order valence-corrected chi connectivity index (χ2v) is 4.59. The van der Waals surface area contributed by atoms with Gasteiger partial charge in [-0.1, -0.05) is 17.7 Å². The van der Waals surface area contributed by atoms with Crippen molar-refractivity contribution >= 4 is 23.1 Å². The lowest BCUT2D eigenvalue weighted by Gasteiger charge is -2.13. The minimum absolute atomic E-state index is 0.0746. The standard InChI is InChI=1S/C13H15ClN2O4/c1-3-4-10(15)7-20-12-6-9(8(2)17)5-11(13(12)14)16(18)19/h3,5-6,10H,1,4,7,15H2,2H3/t10-/m0/s1. The fourth-order valence-electron chi connectivity index (χ4n) is 1.50. The van der Waals surface area contributed by atoms with E-state index in [9.17, 15) is 14.9 Å². The molecule has 1 rings (SSSR count). The van der Waals surface area contributed by atoms with E-state index < -0.39 is 4.92 Å². The average molecular weight is 299 g/mol. The molecule has 0 saturated carbocycles. The Kier molecular flexibility index (Phi) is 5.66. The highest BCUT2D eigenvalue weighted by atomic mass is 35.5. The fraction of sp³-hybridized carbons (Fsp3) is 0.308. The molecular weight excluding hydrogens is 284 g/mol. The van der Waals surface area contributed by atoms with Crippen molar-refractivity contribution in [1.82, 2.24) is 0 Å². The van der Waals surface area contributed by atoms with Crippen LogP contribution in [0.2, 0.25) is 5.02 Å². The second kappa shape index (κ2) is 7.02. The van der Waals surface area contributed by atoms with Gasteiger partial charge in [0.1, 0.15) is 12.4 Å². The van der Waals surface area contributed by atoms with E-state index >= 15 is 0 Å². The second-order valence-electron chi connectivity index (χ2n) is 4.22. The molecule has 0 aliphatic heterocycles. The largest absolute Gasteiger partial charge is 0.490 e. The van der Waals surface area contributed by atoms with Crippen LogP contribution in [0, 0.1) is 10.1 Å². The summed E-state index contributed by atoms with van der Waals surface area (Å²) in [6, 6.07) is 2.20. The predicted octanol–water partition coefficient (Wildman–Crippen LogP) is 2.73. The van der Waals surface area contributed by atoms with Gasteiger partial charge in [0.15, 0.2) is 10.8 Å². The maximum atomic E-state index is 11.4. The summed E-state index contributed by atoms with van der Waals surface area (Å²) in [4.78, 5) is 21.6. The number of carbonyl (C=O) groups excluding carboxylic acids is 1. The van der Waals surface area contributed by atoms with Gasteiger partial charge < -0.3 is 10.5 Å². The van der Waals surface area contributed by atoms with Crippen molar-refractivity contribution in [2.45, 2.75) is 19.4 Å². The molecule has 0 aromatic heterocycles. The fourth-order valence-corrected chi connectivity index (χ4v) is 1.74. The van der Waals surface area contributed by atoms with Gasteiger partial charge in [-0.15, -0.1) is 6.58 Å². The first-order valence-electron chi connectivity index (χ1n) is 5.85. The van der Waals surface area contributed by atoms with Crippen LogP contribution in [0.4, 0.5) is 5.69 Å². The summed E-state index contributed by atoms with van der Waals surface area (Å²) < 4.78 is 5.37. The molecule has 20 heavy (non-hydrogen) atoms. The molecule has 0 amide bonds. The SMILES string of the molecule is C=CC[C@H](N)COc1cc(C(C)=O)cc([N+](=O)[O-])c1Cl. The van der Waals surface area contributed by atoms with Crippen molar-refractivity contribution < 1.29 is 14.5 Å². The van der Waals surface area contributed by atoms with E-state index in [2.05, 4.69) is 6.58 Å². The number of hydrogen-bond donors (Lipinski definition) is 1. The van der Waals surface area contributed by atoms with Crippen LogP contribution in [0.1, 0.15) is 23.7 Å². The Morgan fingerprint density at radius 1 is 1.65 bits per heavy atom. The maximum Gasteiger partial charge on any atom is 0.292 e. The van der Waals surface area contributed by atoms with E-state index in [0.29, 0.717) is 6.42 Å². The van der Waals surface area contributed by atoms with E-state index in [-0.39, 0.29) is 40.5 Å². The highest BCUT2D eigenvalue weighted by molar-refractivity contribution is 6.34. The van der Waals surface area contributed by atoms with Gasteiger partial charge in [0.05, 0.1) is 4.92 Å². The number of ketones is 1. The van der Waals surface area contributed by atoms with E-state index in [4.69, 9.17) is 22.1 Å². The van der Waals surface area contributed by atoms with Crippen molar-refractivity contribution in [1.29, 1.82) is 0 Å². The minimum atomic E-state index is -0.661. The first-order valence-corrected chi connectivity index (χ1v) is 6.22. The van der Waals surface area contributed by atoms with Gasteiger partial charge in [0.25, 0.3) is 5.69 Å². The summed E-state index contributed by atoms with van der Waals surface area (Å²) in [6.45, 7) is 4.97. The van der Waals surface area contributed by atoms with Crippen molar-refractivity contribution in [3.05, 3.63) is 45.5 Å². The lowest BCUT2D eigenvalue weighted by Crippen LogP contribution is -2.27. The molecule has 1 aromatic carbocycles. The summed E-state index contributed by atoms with van der Waals surface area (Å²) in [5.74, 6) is -0.240. The first-order chi connectivity index (χ1) is 9.36. The van der Waals surface area contributed by atoms with E-state index in [1.807, 2.05) is 0 Å². The van der Waals surface area contributed by atoms with E-state index in [1.165, 1.54) is 13.0 Å². The number of benzene rings is 1. The molecule has 0 radical (unpaired) electrons. The normalized spacial score (nSPS) is 11.8. The zero-order chi connectivity index (χ0) is 15.3. The summed E-state index contributed by atoms with van der Waals surface area (Å²) in [6.07, 6.45) is 2.18. The summed E-state index contributed by atoms with van der Waals surface area (Å²) in [5.41, 5.74) is 5.53. The maximum absolute atomic E-state index is 11.4. The molecule has 1 atom stereocenters. The van der Waals surface area contributed by atoms with Gasteiger partial charge in [-0.2, -0.15) is 0 Å². The quantitative estimate of drug-likeness (QED) is 0.361. The Morgan fingerprint density at radius 3 is 2.80 bits per heavy atom. The summed E-state index contributed by atoms with van der Waals surface area (Å²) in [5, 5.41) is 10.8. The number of hydrogen-bond acceptors (Lipinski definition) is 5. The molecule has 0 aliphatic rings. The third-order valence-corrected chi connectivity index (χ3v) is 2.93. The van der Waals surface area contributed by atoms with Crippen LogP contribution >= 0.6 is 11.6 Å². The van der Waals surface area contributed by atoms with Gasteiger partial charge >= 0.3 is 0 Å². The molecule has 1 aromatic rings. The zero-order valence-electron chi connectivity index (χ0n) is 11.0. The van der Waals surface area contributed by atoms with Crippen LogP contribution < -0.4 is 10.5 Å². The van der Waals surface area contributed by atoms with Crippen LogP contribution in [0.5, 0.6) is 5.75 Å². The molecule has 6 nitrogen and oxygen atoms in total. The molecule has 0 unspecified atom stereocenters. The van der Waals surface area contributed by atoms with Gasteiger partial charge in [-0.05, 0) is 19.4 Å². The number of rotatable bonds is 7. The number of nitro groups is 1. The number of nitrogens with two attached hydrogens (primary N) is 1. The van der Waals surface area contributed by atoms with E-state index in [0.717, 1.165) is 6.07 Å². The first kappa shape index (κ1) is 16.1. The monoisotopic (exact) mass is 298 g/mol. The number of Topliss-reactive ketones (excluding diaryl/α,β-unsaturated/α-hetero) is 1. The lowest BCUT2D eigenvalue weighted by molar-refractivity contribution is -0.384. The number of nitro benzene ring substituents is 1. The molecule has 7 heteroatoms. The van der Waals surface area contributed by atoms with Crippen molar-refractivity contribution in [3.63, 3.8) is 0 Å². The third-order valence-electron chi connectivity index (χ3n) is 2.55. The molecule has 0 spiro atoms. The Bertz CT molecular complexity index is 545. The van der Waals surface area contributed by atoms with Crippen LogP contribution in [0.15, 0.2) is 24.8 Å². The number of ether oxygens (including phenoxy) is 1. The summed E-state index contributed by atoms with van der Waals surface area (Å²) in [7, 11) is 0. The Balaban J connectivity index is 3.07. The number of halogens is 1.